The molecule has 0 unspecified atom stereocenters. The second-order valence-corrected chi connectivity index (χ2v) is 9.15. The van der Waals surface area contributed by atoms with Gasteiger partial charge in [0.2, 0.25) is 11.8 Å². The van der Waals surface area contributed by atoms with Crippen LogP contribution in [0.2, 0.25) is 0 Å². The Kier molecular flexibility index (Phi) is 7.34. The van der Waals surface area contributed by atoms with Crippen LogP contribution in [-0.4, -0.2) is 52.0 Å². The molecule has 1 aliphatic rings. The highest BCUT2D eigenvalue weighted by Gasteiger charge is 2.18. The van der Waals surface area contributed by atoms with Gasteiger partial charge in [0, 0.05) is 36.8 Å². The molecule has 1 aliphatic heterocycles. The molecule has 8 heteroatoms. The van der Waals surface area contributed by atoms with Gasteiger partial charge in [0.25, 0.3) is 0 Å². The quantitative estimate of drug-likeness (QED) is 0.328. The fourth-order valence-electron chi connectivity index (χ4n) is 4.63. The van der Waals surface area contributed by atoms with Crippen molar-refractivity contribution >= 4 is 16.7 Å². The molecule has 0 bridgehead atoms. The maximum absolute atomic E-state index is 13.0. The van der Waals surface area contributed by atoms with E-state index in [0.717, 1.165) is 53.4 Å². The van der Waals surface area contributed by atoms with Gasteiger partial charge in [-0.1, -0.05) is 30.3 Å². The maximum Gasteiger partial charge on any atom is 0.228 e. The van der Waals surface area contributed by atoms with Gasteiger partial charge in [-0.25, -0.2) is 19.3 Å². The molecule has 36 heavy (non-hydrogen) atoms. The molecule has 3 N–H and O–H groups in total. The Labute approximate surface area is 209 Å². The van der Waals surface area contributed by atoms with Crippen LogP contribution in [0.4, 0.5) is 10.3 Å². The van der Waals surface area contributed by atoms with Crippen molar-refractivity contribution in [2.75, 3.05) is 25.1 Å². The summed E-state index contributed by atoms with van der Waals surface area (Å²) in [4.78, 5) is 13.7. The number of nitrogens with zero attached hydrogens (tertiary/aromatic N) is 3. The second kappa shape index (κ2) is 11.0. The molecule has 7 nitrogen and oxygen atoms in total. The van der Waals surface area contributed by atoms with Crippen molar-refractivity contribution in [3.05, 3.63) is 72.1 Å². The molecule has 3 heterocycles. The van der Waals surface area contributed by atoms with E-state index in [-0.39, 0.29) is 6.42 Å². The van der Waals surface area contributed by atoms with E-state index in [2.05, 4.69) is 20.6 Å². The summed E-state index contributed by atoms with van der Waals surface area (Å²) in [7, 11) is 0. The van der Waals surface area contributed by atoms with Gasteiger partial charge < -0.3 is 20.5 Å². The van der Waals surface area contributed by atoms with Crippen molar-refractivity contribution in [3.8, 4) is 22.9 Å². The number of anilines is 1. The highest BCUT2D eigenvalue weighted by molar-refractivity contribution is 5.92. The third-order valence-corrected chi connectivity index (χ3v) is 6.46. The smallest absolute Gasteiger partial charge is 0.228 e. The van der Waals surface area contributed by atoms with E-state index in [9.17, 15) is 9.50 Å². The molecule has 5 rings (SSSR count). The fourth-order valence-corrected chi connectivity index (χ4v) is 4.63. The van der Waals surface area contributed by atoms with Gasteiger partial charge in [-0.05, 0) is 61.0 Å². The summed E-state index contributed by atoms with van der Waals surface area (Å²) in [6.07, 6.45) is 4.83. The average Bonchev–Trinajstić information content (AvgIpc) is 2.91. The van der Waals surface area contributed by atoms with Crippen molar-refractivity contribution in [1.82, 2.24) is 20.3 Å². The molecule has 0 saturated carbocycles. The van der Waals surface area contributed by atoms with Crippen molar-refractivity contribution in [3.63, 3.8) is 0 Å². The summed E-state index contributed by atoms with van der Waals surface area (Å²) < 4.78 is 19.4. The minimum absolute atomic E-state index is 0.235. The van der Waals surface area contributed by atoms with Gasteiger partial charge in [0.05, 0.1) is 17.4 Å². The summed E-state index contributed by atoms with van der Waals surface area (Å²) in [5.41, 5.74) is 3.28. The fraction of sp³-hybridized carbons (Fsp3) is 0.321. The van der Waals surface area contributed by atoms with E-state index in [1.54, 1.807) is 12.4 Å². The van der Waals surface area contributed by atoms with Crippen LogP contribution in [0.3, 0.4) is 0 Å². The Bertz CT molecular complexity index is 1340. The Balaban J connectivity index is 1.48. The Morgan fingerprint density at radius 2 is 2.03 bits per heavy atom. The van der Waals surface area contributed by atoms with Crippen LogP contribution in [0.15, 0.2) is 60.9 Å². The average molecular weight is 488 g/mol. The van der Waals surface area contributed by atoms with Crippen LogP contribution in [0.5, 0.6) is 11.6 Å². The molecule has 0 aliphatic carbocycles. The summed E-state index contributed by atoms with van der Waals surface area (Å²) in [5, 5.41) is 18.5. The molecule has 4 aromatic rings. The Morgan fingerprint density at radius 1 is 1.11 bits per heavy atom. The third-order valence-electron chi connectivity index (χ3n) is 6.46. The van der Waals surface area contributed by atoms with Crippen molar-refractivity contribution < 1.29 is 14.2 Å². The molecule has 2 atom stereocenters. The SMILES string of the molecule is Cc1ccc2c(C[C@@H](O)CF)cccc2c1Oc1ncccc1-c1ccnc(N[C@H]2CCCNC2)n1. The highest BCUT2D eigenvalue weighted by atomic mass is 19.1. The van der Waals surface area contributed by atoms with Gasteiger partial charge in [-0.2, -0.15) is 0 Å². The number of benzene rings is 2. The lowest BCUT2D eigenvalue weighted by Gasteiger charge is -2.23. The first-order valence-electron chi connectivity index (χ1n) is 12.3. The molecule has 1 saturated heterocycles. The summed E-state index contributed by atoms with van der Waals surface area (Å²) in [6.45, 7) is 3.13. The summed E-state index contributed by atoms with van der Waals surface area (Å²) >= 11 is 0. The van der Waals surface area contributed by atoms with Crippen LogP contribution in [-0.2, 0) is 6.42 Å². The summed E-state index contributed by atoms with van der Waals surface area (Å²) in [5.74, 6) is 1.68. The standard InChI is InChI=1S/C28H30FN5O2/c1-18-9-10-22-19(15-21(35)16-29)5-2-7-23(22)26(18)36-27-24(8-4-13-31-27)25-11-14-32-28(34-25)33-20-6-3-12-30-17-20/h2,4-5,7-11,13-14,20-21,30,35H,3,6,12,15-17H2,1H3,(H,32,33,34)/t20-,21+/m0/s1. The number of aryl methyl sites for hydroxylation is 1. The highest BCUT2D eigenvalue weighted by Crippen LogP contribution is 2.37. The summed E-state index contributed by atoms with van der Waals surface area (Å²) in [6, 6.07) is 15.7. The number of hydrogen-bond donors (Lipinski definition) is 3. The minimum atomic E-state index is -1.03. The van der Waals surface area contributed by atoms with Crippen LogP contribution < -0.4 is 15.4 Å². The maximum atomic E-state index is 13.0. The Morgan fingerprint density at radius 3 is 2.86 bits per heavy atom. The van der Waals surface area contributed by atoms with Crippen LogP contribution in [0.1, 0.15) is 24.0 Å². The third kappa shape index (κ3) is 5.29. The van der Waals surface area contributed by atoms with Crippen molar-refractivity contribution in [2.24, 2.45) is 0 Å². The van der Waals surface area contributed by atoms with Gasteiger partial charge in [-0.15, -0.1) is 0 Å². The molecule has 186 valence electrons. The van der Waals surface area contributed by atoms with E-state index in [1.165, 1.54) is 0 Å². The van der Waals surface area contributed by atoms with Gasteiger partial charge in [0.1, 0.15) is 12.4 Å². The van der Waals surface area contributed by atoms with Crippen molar-refractivity contribution in [2.45, 2.75) is 38.3 Å². The van der Waals surface area contributed by atoms with Crippen LogP contribution in [0.25, 0.3) is 22.0 Å². The number of aliphatic hydroxyl groups is 1. The monoisotopic (exact) mass is 487 g/mol. The molecular weight excluding hydrogens is 457 g/mol. The topological polar surface area (TPSA) is 92.2 Å². The lowest BCUT2D eigenvalue weighted by molar-refractivity contribution is 0.140. The molecular formula is C28H30FN5O2. The van der Waals surface area contributed by atoms with Crippen molar-refractivity contribution in [1.29, 1.82) is 0 Å². The molecule has 0 spiro atoms. The lowest BCUT2D eigenvalue weighted by Crippen LogP contribution is -2.38. The molecule has 2 aromatic carbocycles. The molecule has 0 amide bonds. The first-order chi connectivity index (χ1) is 17.6. The van der Waals surface area contributed by atoms with E-state index >= 15 is 0 Å². The minimum Gasteiger partial charge on any atom is -0.437 e. The number of hydrogen-bond acceptors (Lipinski definition) is 7. The van der Waals surface area contributed by atoms with E-state index in [4.69, 9.17) is 9.72 Å². The number of pyridine rings is 1. The second-order valence-electron chi connectivity index (χ2n) is 9.15. The molecule has 1 fully saturated rings. The van der Waals surface area contributed by atoms with E-state index in [1.807, 2.05) is 55.5 Å². The number of piperidine rings is 1. The number of aromatic nitrogens is 3. The zero-order valence-electron chi connectivity index (χ0n) is 20.2. The zero-order valence-corrected chi connectivity index (χ0v) is 20.2. The molecule has 2 aromatic heterocycles. The number of nitrogens with one attached hydrogen (secondary N) is 2. The first-order valence-corrected chi connectivity index (χ1v) is 12.3. The van der Waals surface area contributed by atoms with E-state index < -0.39 is 12.8 Å². The predicted octanol–water partition coefficient (Wildman–Crippen LogP) is 4.83. The number of alkyl halides is 1. The number of rotatable bonds is 8. The van der Waals surface area contributed by atoms with Gasteiger partial charge in [0.15, 0.2) is 0 Å². The normalized spacial score (nSPS) is 16.6. The zero-order chi connectivity index (χ0) is 24.9. The Hall–Kier alpha value is -3.62. The van der Waals surface area contributed by atoms with E-state index in [0.29, 0.717) is 29.3 Å². The predicted molar refractivity (Wildman–Crippen MR) is 139 cm³/mol. The van der Waals surface area contributed by atoms with Gasteiger partial charge >= 0.3 is 0 Å². The number of aliphatic hydroxyl groups excluding tert-OH is 1. The number of ether oxygens (including phenoxy) is 1. The largest absolute Gasteiger partial charge is 0.437 e. The van der Waals surface area contributed by atoms with Gasteiger partial charge in [-0.3, -0.25) is 0 Å². The number of halogens is 1. The molecule has 0 radical (unpaired) electrons. The van der Waals surface area contributed by atoms with Crippen LogP contribution >= 0.6 is 0 Å². The number of fused-ring (bicyclic) bond motifs is 1. The first kappa shape index (κ1) is 24.1. The van der Waals surface area contributed by atoms with Crippen LogP contribution in [0, 0.1) is 6.92 Å². The lowest BCUT2D eigenvalue weighted by atomic mass is 9.98.